The molecular formula is C38H27BN2O. The maximum absolute atomic E-state index is 6.68. The third-order valence-electron chi connectivity index (χ3n) is 9.00. The number of anilines is 6. The van der Waals surface area contributed by atoms with Crippen molar-refractivity contribution in [2.24, 2.45) is 5.92 Å². The number of benzene rings is 5. The molecule has 2 unspecified atom stereocenters. The Morgan fingerprint density at radius 3 is 2.05 bits per heavy atom. The van der Waals surface area contributed by atoms with Gasteiger partial charge in [-0.2, -0.15) is 0 Å². The van der Waals surface area contributed by atoms with Gasteiger partial charge in [0.25, 0.3) is 0 Å². The van der Waals surface area contributed by atoms with Gasteiger partial charge in [-0.05, 0) is 77.1 Å². The zero-order valence-corrected chi connectivity index (χ0v) is 23.0. The molecule has 198 valence electrons. The minimum Gasteiger partial charge on any atom is -0.486 e. The van der Waals surface area contributed by atoms with Crippen LogP contribution in [0.25, 0.3) is 5.76 Å². The first-order valence-electron chi connectivity index (χ1n) is 14.7. The van der Waals surface area contributed by atoms with Gasteiger partial charge in [-0.25, -0.2) is 0 Å². The molecule has 9 rings (SSSR count). The second-order valence-corrected chi connectivity index (χ2v) is 11.3. The Labute approximate surface area is 246 Å². The maximum atomic E-state index is 6.68. The Hall–Kier alpha value is -5.22. The molecule has 0 spiro atoms. The summed E-state index contributed by atoms with van der Waals surface area (Å²) >= 11 is 0. The van der Waals surface area contributed by atoms with E-state index in [1.165, 1.54) is 33.3 Å². The number of hydrogen-bond acceptors (Lipinski definition) is 3. The Balaban J connectivity index is 1.29. The van der Waals surface area contributed by atoms with Crippen LogP contribution < -0.4 is 20.7 Å². The van der Waals surface area contributed by atoms with E-state index < -0.39 is 0 Å². The lowest BCUT2D eigenvalue weighted by Crippen LogP contribution is -2.51. The van der Waals surface area contributed by atoms with Gasteiger partial charge in [0.15, 0.2) is 0 Å². The number of rotatable bonds is 4. The van der Waals surface area contributed by atoms with Gasteiger partial charge >= 0.3 is 0 Å². The molecule has 0 radical (unpaired) electrons. The van der Waals surface area contributed by atoms with Gasteiger partial charge in [-0.3, -0.25) is 0 Å². The normalized spacial score (nSPS) is 18.8. The maximum Gasteiger partial charge on any atom is 0.248 e. The Kier molecular flexibility index (Phi) is 5.12. The summed E-state index contributed by atoms with van der Waals surface area (Å²) in [4.78, 5) is 4.79. The summed E-state index contributed by atoms with van der Waals surface area (Å²) < 4.78 is 6.68. The van der Waals surface area contributed by atoms with Crippen molar-refractivity contribution in [1.82, 2.24) is 0 Å². The highest BCUT2D eigenvalue weighted by atomic mass is 16.5. The molecule has 3 aliphatic heterocycles. The minimum atomic E-state index is 0.0679. The van der Waals surface area contributed by atoms with Crippen molar-refractivity contribution >= 4 is 57.5 Å². The summed E-state index contributed by atoms with van der Waals surface area (Å²) in [6, 6.07) is 45.7. The van der Waals surface area contributed by atoms with E-state index in [9.17, 15) is 0 Å². The lowest BCUT2D eigenvalue weighted by molar-refractivity contribution is 0.212. The SMILES string of the molecule is C1=CC2OC3=C(B4c5ccc(N(c6ccccc6)c6ccccc6)cc5N(c5ccccc5)c5cccc3c54)C2C=C1. The summed E-state index contributed by atoms with van der Waals surface area (Å²) in [5, 5.41) is 0. The summed E-state index contributed by atoms with van der Waals surface area (Å²) in [5.41, 5.74) is 12.3. The second kappa shape index (κ2) is 9.15. The molecule has 42 heavy (non-hydrogen) atoms. The monoisotopic (exact) mass is 538 g/mol. The van der Waals surface area contributed by atoms with Crippen LogP contribution in [0, 0.1) is 5.92 Å². The van der Waals surface area contributed by atoms with Gasteiger partial charge in [0.1, 0.15) is 11.9 Å². The number of nitrogens with zero attached hydrogens (tertiary/aromatic N) is 2. The van der Waals surface area contributed by atoms with Crippen molar-refractivity contribution in [2.45, 2.75) is 6.10 Å². The molecule has 0 amide bonds. The van der Waals surface area contributed by atoms with E-state index in [1.54, 1.807) is 0 Å². The number of allylic oxidation sites excluding steroid dienone is 2. The fourth-order valence-electron chi connectivity index (χ4n) is 7.30. The van der Waals surface area contributed by atoms with Crippen LogP contribution in [0.2, 0.25) is 0 Å². The lowest BCUT2D eigenvalue weighted by atomic mass is 9.34. The molecule has 4 heteroatoms. The molecule has 3 heterocycles. The van der Waals surface area contributed by atoms with Gasteiger partial charge in [0.05, 0.1) is 0 Å². The summed E-state index contributed by atoms with van der Waals surface area (Å²) in [6.45, 7) is 0.156. The van der Waals surface area contributed by atoms with Crippen LogP contribution in [0.1, 0.15) is 5.56 Å². The fraction of sp³-hybridized carbons (Fsp3) is 0.0526. The Morgan fingerprint density at radius 2 is 1.31 bits per heavy atom. The van der Waals surface area contributed by atoms with E-state index in [4.69, 9.17) is 4.74 Å². The average molecular weight is 538 g/mol. The highest BCUT2D eigenvalue weighted by Crippen LogP contribution is 2.50. The van der Waals surface area contributed by atoms with Crippen LogP contribution in [-0.4, -0.2) is 12.8 Å². The van der Waals surface area contributed by atoms with Crippen LogP contribution in [0.15, 0.2) is 157 Å². The summed E-state index contributed by atoms with van der Waals surface area (Å²) in [5.74, 6) is 1.32. The van der Waals surface area contributed by atoms with Crippen LogP contribution in [-0.2, 0) is 4.74 Å². The quantitative estimate of drug-likeness (QED) is 0.216. The van der Waals surface area contributed by atoms with Gasteiger partial charge in [-0.15, -0.1) is 0 Å². The van der Waals surface area contributed by atoms with E-state index >= 15 is 0 Å². The number of fused-ring (bicyclic) bond motifs is 6. The predicted octanol–water partition coefficient (Wildman–Crippen LogP) is 7.95. The number of ether oxygens (including phenoxy) is 1. The van der Waals surface area contributed by atoms with Crippen LogP contribution >= 0.6 is 0 Å². The highest BCUT2D eigenvalue weighted by Gasteiger charge is 2.51. The first-order valence-corrected chi connectivity index (χ1v) is 14.7. The molecule has 0 fully saturated rings. The first-order chi connectivity index (χ1) is 20.9. The molecule has 2 atom stereocenters. The van der Waals surface area contributed by atoms with Crippen molar-refractivity contribution in [3.05, 3.63) is 163 Å². The van der Waals surface area contributed by atoms with E-state index in [2.05, 4.69) is 161 Å². The minimum absolute atomic E-state index is 0.0679. The van der Waals surface area contributed by atoms with Gasteiger partial charge in [0.2, 0.25) is 6.71 Å². The predicted molar refractivity (Wildman–Crippen MR) is 174 cm³/mol. The Morgan fingerprint density at radius 1 is 0.619 bits per heavy atom. The molecule has 5 aromatic rings. The largest absolute Gasteiger partial charge is 0.486 e. The number of para-hydroxylation sites is 3. The third-order valence-corrected chi connectivity index (χ3v) is 9.00. The lowest BCUT2D eigenvalue weighted by Gasteiger charge is -2.38. The molecule has 4 aliphatic rings. The standard InChI is InChI=1S/C38H27BN2O/c1-4-13-26(14-5-1)40(27-15-6-2-7-16-27)29-23-24-32-34(25-29)41(28-17-8-3-9-18-28)33-21-12-20-31-36(33)39(32)37-30-19-10-11-22-35(30)42-38(31)37/h1-25,30,35H. The summed E-state index contributed by atoms with van der Waals surface area (Å²) in [6.07, 6.45) is 8.88. The Bertz CT molecular complexity index is 1890. The zero-order valence-electron chi connectivity index (χ0n) is 23.0. The molecule has 3 nitrogen and oxygen atoms in total. The topological polar surface area (TPSA) is 15.7 Å². The molecular weight excluding hydrogens is 511 g/mol. The van der Waals surface area contributed by atoms with E-state index in [-0.39, 0.29) is 18.7 Å². The van der Waals surface area contributed by atoms with Crippen molar-refractivity contribution < 1.29 is 4.74 Å². The molecule has 0 saturated heterocycles. The van der Waals surface area contributed by atoms with E-state index in [0.717, 1.165) is 28.5 Å². The van der Waals surface area contributed by atoms with Gasteiger partial charge in [0, 0.05) is 45.6 Å². The van der Waals surface area contributed by atoms with E-state index in [0.29, 0.717) is 0 Å². The molecule has 1 aliphatic carbocycles. The highest BCUT2D eigenvalue weighted by molar-refractivity contribution is 6.96. The first kappa shape index (κ1) is 23.5. The third kappa shape index (κ3) is 3.36. The van der Waals surface area contributed by atoms with Crippen LogP contribution in [0.5, 0.6) is 0 Å². The second-order valence-electron chi connectivity index (χ2n) is 11.3. The smallest absolute Gasteiger partial charge is 0.248 e. The van der Waals surface area contributed by atoms with Gasteiger partial charge in [-0.1, -0.05) is 91.0 Å². The number of hydrogen-bond donors (Lipinski definition) is 0. The van der Waals surface area contributed by atoms with Crippen LogP contribution in [0.3, 0.4) is 0 Å². The van der Waals surface area contributed by atoms with Gasteiger partial charge < -0.3 is 14.5 Å². The molecule has 0 N–H and O–H groups in total. The summed E-state index contributed by atoms with van der Waals surface area (Å²) in [7, 11) is 0. The average Bonchev–Trinajstić information content (AvgIpc) is 3.59. The fourth-order valence-corrected chi connectivity index (χ4v) is 7.30. The van der Waals surface area contributed by atoms with E-state index in [1.807, 2.05) is 0 Å². The van der Waals surface area contributed by atoms with Crippen molar-refractivity contribution in [1.29, 1.82) is 0 Å². The van der Waals surface area contributed by atoms with Crippen LogP contribution in [0.4, 0.5) is 34.1 Å². The zero-order chi connectivity index (χ0) is 27.6. The van der Waals surface area contributed by atoms with Crippen molar-refractivity contribution in [3.63, 3.8) is 0 Å². The van der Waals surface area contributed by atoms with Crippen molar-refractivity contribution in [3.8, 4) is 0 Å². The molecule has 0 bridgehead atoms. The molecule has 5 aromatic carbocycles. The van der Waals surface area contributed by atoms with Crippen molar-refractivity contribution in [2.75, 3.05) is 9.80 Å². The molecule has 0 aromatic heterocycles. The molecule has 0 saturated carbocycles.